The second-order valence-electron chi connectivity index (χ2n) is 4.47. The number of nitrogen functional groups attached to an aromatic ring is 1. The van der Waals surface area contributed by atoms with Gasteiger partial charge in [0, 0.05) is 28.8 Å². The van der Waals surface area contributed by atoms with Gasteiger partial charge in [-0.05, 0) is 47.0 Å². The van der Waals surface area contributed by atoms with Crippen molar-refractivity contribution in [1.82, 2.24) is 4.90 Å². The summed E-state index contributed by atoms with van der Waals surface area (Å²) < 4.78 is 0.768. The lowest BCUT2D eigenvalue weighted by molar-refractivity contribution is 0.0746. The van der Waals surface area contributed by atoms with Crippen LogP contribution < -0.4 is 5.73 Å². The third-order valence-electron chi connectivity index (χ3n) is 2.50. The predicted octanol–water partition coefficient (Wildman–Crippen LogP) is 3.15. The van der Waals surface area contributed by atoms with Crippen molar-refractivity contribution in [2.24, 2.45) is 5.92 Å². The van der Waals surface area contributed by atoms with Crippen LogP contribution in [0.15, 0.2) is 22.7 Å². The Balaban J connectivity index is 2.90. The molecule has 0 unspecified atom stereocenters. The van der Waals surface area contributed by atoms with Crippen molar-refractivity contribution in [3.05, 3.63) is 28.2 Å². The second-order valence-corrected chi connectivity index (χ2v) is 5.33. The highest BCUT2D eigenvalue weighted by atomic mass is 79.9. The van der Waals surface area contributed by atoms with Crippen LogP contribution in [0.3, 0.4) is 0 Å². The molecular formula is C13H19BrN2O. The minimum atomic E-state index is 0.0573. The molecule has 94 valence electrons. The van der Waals surface area contributed by atoms with Gasteiger partial charge in [-0.15, -0.1) is 0 Å². The summed E-state index contributed by atoms with van der Waals surface area (Å²) in [4.78, 5) is 14.1. The van der Waals surface area contributed by atoms with E-state index in [1.54, 1.807) is 18.2 Å². The molecule has 0 atom stereocenters. The first-order valence-corrected chi connectivity index (χ1v) is 6.59. The Morgan fingerprint density at radius 1 is 1.47 bits per heavy atom. The minimum Gasteiger partial charge on any atom is -0.398 e. The van der Waals surface area contributed by atoms with Crippen molar-refractivity contribution in [1.29, 1.82) is 0 Å². The number of nitrogens with two attached hydrogens (primary N) is 1. The first kappa shape index (κ1) is 14.0. The first-order valence-electron chi connectivity index (χ1n) is 5.80. The molecule has 1 rings (SSSR count). The van der Waals surface area contributed by atoms with Crippen molar-refractivity contribution in [2.45, 2.75) is 20.8 Å². The van der Waals surface area contributed by atoms with E-state index in [0.29, 0.717) is 17.2 Å². The molecule has 2 N–H and O–H groups in total. The summed E-state index contributed by atoms with van der Waals surface area (Å²) in [5.41, 5.74) is 7.03. The van der Waals surface area contributed by atoms with Crippen molar-refractivity contribution < 1.29 is 4.79 Å². The van der Waals surface area contributed by atoms with E-state index >= 15 is 0 Å². The quantitative estimate of drug-likeness (QED) is 0.868. The predicted molar refractivity (Wildman–Crippen MR) is 75.0 cm³/mol. The molecule has 1 aromatic rings. The Morgan fingerprint density at radius 3 is 2.59 bits per heavy atom. The van der Waals surface area contributed by atoms with Gasteiger partial charge in [0.25, 0.3) is 5.91 Å². The van der Waals surface area contributed by atoms with E-state index in [1.807, 2.05) is 11.8 Å². The van der Waals surface area contributed by atoms with Gasteiger partial charge in [-0.25, -0.2) is 0 Å². The molecule has 0 spiro atoms. The Kier molecular flexibility index (Phi) is 5.00. The SMILES string of the molecule is CCN(CC(C)C)C(=O)c1ccc(N)c(Br)c1. The number of nitrogens with zero attached hydrogens (tertiary/aromatic N) is 1. The van der Waals surface area contributed by atoms with Crippen molar-refractivity contribution in [3.63, 3.8) is 0 Å². The van der Waals surface area contributed by atoms with Crippen LogP contribution in [0.25, 0.3) is 0 Å². The molecule has 0 bridgehead atoms. The lowest BCUT2D eigenvalue weighted by atomic mass is 10.1. The molecule has 1 aromatic carbocycles. The number of benzene rings is 1. The number of amides is 1. The highest BCUT2D eigenvalue weighted by molar-refractivity contribution is 9.10. The summed E-state index contributed by atoms with van der Waals surface area (Å²) in [5, 5.41) is 0. The average molecular weight is 299 g/mol. The summed E-state index contributed by atoms with van der Waals surface area (Å²) in [5.74, 6) is 0.526. The van der Waals surface area contributed by atoms with E-state index in [1.165, 1.54) is 0 Å². The van der Waals surface area contributed by atoms with Crippen molar-refractivity contribution in [2.75, 3.05) is 18.8 Å². The maximum Gasteiger partial charge on any atom is 0.253 e. The number of carbonyl (C=O) groups is 1. The standard InChI is InChI=1S/C13H19BrN2O/c1-4-16(8-9(2)3)13(17)10-5-6-12(15)11(14)7-10/h5-7,9H,4,8,15H2,1-3H3. The molecule has 0 aliphatic heterocycles. The summed E-state index contributed by atoms with van der Waals surface area (Å²) in [7, 11) is 0. The molecule has 0 aliphatic carbocycles. The minimum absolute atomic E-state index is 0.0573. The summed E-state index contributed by atoms with van der Waals surface area (Å²) >= 11 is 3.34. The van der Waals surface area contributed by atoms with Crippen LogP contribution in [0.5, 0.6) is 0 Å². The van der Waals surface area contributed by atoms with E-state index < -0.39 is 0 Å². The molecule has 0 aliphatic rings. The average Bonchev–Trinajstić information content (AvgIpc) is 2.28. The number of anilines is 1. The van der Waals surface area contributed by atoms with E-state index in [0.717, 1.165) is 17.6 Å². The van der Waals surface area contributed by atoms with Gasteiger partial charge in [0.05, 0.1) is 0 Å². The van der Waals surface area contributed by atoms with E-state index in [4.69, 9.17) is 5.73 Å². The monoisotopic (exact) mass is 298 g/mol. The lowest BCUT2D eigenvalue weighted by Crippen LogP contribution is -2.34. The van der Waals surface area contributed by atoms with E-state index in [2.05, 4.69) is 29.8 Å². The number of halogens is 1. The number of hydrogen-bond acceptors (Lipinski definition) is 2. The van der Waals surface area contributed by atoms with Crippen LogP contribution in [0, 0.1) is 5.92 Å². The maximum atomic E-state index is 12.2. The van der Waals surface area contributed by atoms with Crippen LogP contribution >= 0.6 is 15.9 Å². The maximum absolute atomic E-state index is 12.2. The first-order chi connectivity index (χ1) is 7.95. The molecule has 0 saturated heterocycles. The van der Waals surface area contributed by atoms with E-state index in [9.17, 15) is 4.79 Å². The molecular weight excluding hydrogens is 280 g/mol. The van der Waals surface area contributed by atoms with Gasteiger partial charge in [0.1, 0.15) is 0 Å². The van der Waals surface area contributed by atoms with Gasteiger partial charge < -0.3 is 10.6 Å². The molecule has 1 amide bonds. The Labute approximate surface area is 111 Å². The van der Waals surface area contributed by atoms with Gasteiger partial charge in [-0.1, -0.05) is 13.8 Å². The zero-order chi connectivity index (χ0) is 13.0. The third kappa shape index (κ3) is 3.73. The van der Waals surface area contributed by atoms with Gasteiger partial charge in [0.15, 0.2) is 0 Å². The number of rotatable bonds is 4. The Bertz CT molecular complexity index is 404. The molecule has 17 heavy (non-hydrogen) atoms. The van der Waals surface area contributed by atoms with Gasteiger partial charge >= 0.3 is 0 Å². The summed E-state index contributed by atoms with van der Waals surface area (Å²) in [6.07, 6.45) is 0. The fraction of sp³-hybridized carbons (Fsp3) is 0.462. The third-order valence-corrected chi connectivity index (χ3v) is 3.19. The number of carbonyl (C=O) groups excluding carboxylic acids is 1. The molecule has 0 heterocycles. The highest BCUT2D eigenvalue weighted by Gasteiger charge is 2.15. The van der Waals surface area contributed by atoms with Gasteiger partial charge in [0.2, 0.25) is 0 Å². The summed E-state index contributed by atoms with van der Waals surface area (Å²) in [6.45, 7) is 7.70. The normalized spacial score (nSPS) is 10.6. The van der Waals surface area contributed by atoms with Gasteiger partial charge in [-0.2, -0.15) is 0 Å². The molecule has 0 fully saturated rings. The van der Waals surface area contributed by atoms with Crippen LogP contribution in [0.4, 0.5) is 5.69 Å². The Morgan fingerprint density at radius 2 is 2.12 bits per heavy atom. The molecule has 0 radical (unpaired) electrons. The van der Waals surface area contributed by atoms with Gasteiger partial charge in [-0.3, -0.25) is 4.79 Å². The smallest absolute Gasteiger partial charge is 0.253 e. The van der Waals surface area contributed by atoms with Crippen LogP contribution in [0.2, 0.25) is 0 Å². The molecule has 0 aromatic heterocycles. The second kappa shape index (κ2) is 6.05. The summed E-state index contributed by atoms with van der Waals surface area (Å²) in [6, 6.07) is 5.30. The fourth-order valence-electron chi connectivity index (χ4n) is 1.64. The van der Waals surface area contributed by atoms with Crippen LogP contribution in [-0.4, -0.2) is 23.9 Å². The molecule has 3 nitrogen and oxygen atoms in total. The lowest BCUT2D eigenvalue weighted by Gasteiger charge is -2.23. The van der Waals surface area contributed by atoms with E-state index in [-0.39, 0.29) is 5.91 Å². The molecule has 4 heteroatoms. The Hall–Kier alpha value is -1.03. The number of hydrogen-bond donors (Lipinski definition) is 1. The van der Waals surface area contributed by atoms with Crippen molar-refractivity contribution >= 4 is 27.5 Å². The van der Waals surface area contributed by atoms with Crippen LogP contribution in [0.1, 0.15) is 31.1 Å². The van der Waals surface area contributed by atoms with Crippen LogP contribution in [-0.2, 0) is 0 Å². The zero-order valence-electron chi connectivity index (χ0n) is 10.5. The van der Waals surface area contributed by atoms with Crippen molar-refractivity contribution in [3.8, 4) is 0 Å². The fourth-order valence-corrected chi connectivity index (χ4v) is 2.02. The topological polar surface area (TPSA) is 46.3 Å². The zero-order valence-corrected chi connectivity index (χ0v) is 12.1. The highest BCUT2D eigenvalue weighted by Crippen LogP contribution is 2.21. The largest absolute Gasteiger partial charge is 0.398 e. The molecule has 0 saturated carbocycles.